The van der Waals surface area contributed by atoms with Gasteiger partial charge in [0.25, 0.3) is 0 Å². The van der Waals surface area contributed by atoms with Crippen molar-refractivity contribution in [2.75, 3.05) is 25.7 Å². The van der Waals surface area contributed by atoms with E-state index in [1.54, 1.807) is 31.3 Å². The van der Waals surface area contributed by atoms with E-state index >= 15 is 0 Å². The van der Waals surface area contributed by atoms with Crippen LogP contribution >= 0.6 is 0 Å². The Hall–Kier alpha value is -1.90. The molecule has 17 heavy (non-hydrogen) atoms. The summed E-state index contributed by atoms with van der Waals surface area (Å²) in [6.45, 7) is 0.151. The van der Waals surface area contributed by atoms with Gasteiger partial charge in [0.05, 0.1) is 17.9 Å². The number of amides is 1. The summed E-state index contributed by atoms with van der Waals surface area (Å²) in [7, 11) is 3.07. The Kier molecular flexibility index (Phi) is 4.64. The number of hydrogen-bond acceptors (Lipinski definition) is 4. The first-order valence-corrected chi connectivity index (χ1v) is 5.13. The average Bonchev–Trinajstić information content (AvgIpc) is 2.37. The molecule has 0 fully saturated rings. The lowest BCUT2D eigenvalue weighted by Crippen LogP contribution is -2.44. The molecule has 90 valence electrons. The summed E-state index contributed by atoms with van der Waals surface area (Å²) < 4.78 is 4.83. The average molecular weight is 233 g/mol. The zero-order valence-electron chi connectivity index (χ0n) is 9.88. The number of benzene rings is 1. The fourth-order valence-corrected chi connectivity index (χ4v) is 1.48. The lowest BCUT2D eigenvalue weighted by molar-refractivity contribution is -0.120. The first-order valence-electron chi connectivity index (χ1n) is 5.13. The number of anilines is 1. The maximum absolute atomic E-state index is 11.9. The van der Waals surface area contributed by atoms with Gasteiger partial charge in [-0.2, -0.15) is 5.26 Å². The highest BCUT2D eigenvalue weighted by Gasteiger charge is 2.20. The van der Waals surface area contributed by atoms with Crippen molar-refractivity contribution >= 4 is 11.6 Å². The van der Waals surface area contributed by atoms with Crippen LogP contribution in [0.25, 0.3) is 0 Å². The van der Waals surface area contributed by atoms with E-state index in [0.717, 1.165) is 0 Å². The van der Waals surface area contributed by atoms with Crippen LogP contribution in [0.1, 0.15) is 5.56 Å². The molecule has 1 atom stereocenters. The number of nitrogens with zero attached hydrogens (tertiary/aromatic N) is 2. The molecule has 1 aromatic carbocycles. The third kappa shape index (κ3) is 3.03. The number of rotatable bonds is 4. The zero-order chi connectivity index (χ0) is 12.8. The summed E-state index contributed by atoms with van der Waals surface area (Å²) in [5.74, 6) is -0.283. The van der Waals surface area contributed by atoms with Gasteiger partial charge >= 0.3 is 0 Å². The van der Waals surface area contributed by atoms with E-state index in [1.807, 2.05) is 6.07 Å². The van der Waals surface area contributed by atoms with Gasteiger partial charge in [-0.3, -0.25) is 4.79 Å². The van der Waals surface area contributed by atoms with Crippen LogP contribution in [0.3, 0.4) is 0 Å². The topological polar surface area (TPSA) is 79.3 Å². The highest BCUT2D eigenvalue weighted by molar-refractivity contribution is 5.97. The summed E-state index contributed by atoms with van der Waals surface area (Å²) in [6, 6.07) is 8.18. The number of carbonyl (C=O) groups is 1. The molecule has 1 amide bonds. The molecular formula is C12H15N3O2. The zero-order valence-corrected chi connectivity index (χ0v) is 9.88. The molecule has 2 N–H and O–H groups in total. The Balaban J connectivity index is 2.93. The van der Waals surface area contributed by atoms with Crippen LogP contribution in [-0.4, -0.2) is 32.7 Å². The molecule has 0 spiro atoms. The van der Waals surface area contributed by atoms with E-state index in [-0.39, 0.29) is 12.5 Å². The lowest BCUT2D eigenvalue weighted by Gasteiger charge is -2.21. The molecule has 5 nitrogen and oxygen atoms in total. The number of carbonyl (C=O) groups excluding carboxylic acids is 1. The number of methoxy groups -OCH3 is 1. The standard InChI is InChI=1S/C12H15N3O2/c1-15(12(16)10(14)8-17-2)11-6-4-3-5-9(11)7-13/h3-6,10H,8,14H2,1-2H3. The van der Waals surface area contributed by atoms with Crippen molar-refractivity contribution in [3.63, 3.8) is 0 Å². The highest BCUT2D eigenvalue weighted by atomic mass is 16.5. The molecule has 0 aliphatic heterocycles. The monoisotopic (exact) mass is 233 g/mol. The molecule has 1 aromatic rings. The largest absolute Gasteiger partial charge is 0.383 e. The molecule has 0 radical (unpaired) electrons. The maximum Gasteiger partial charge on any atom is 0.246 e. The molecule has 0 saturated heterocycles. The second-order valence-electron chi connectivity index (χ2n) is 3.59. The van der Waals surface area contributed by atoms with Gasteiger partial charge in [0.1, 0.15) is 12.1 Å². The van der Waals surface area contributed by atoms with E-state index in [0.29, 0.717) is 11.3 Å². The molecular weight excluding hydrogens is 218 g/mol. The SMILES string of the molecule is COCC(N)C(=O)N(C)c1ccccc1C#N. The van der Waals surface area contributed by atoms with Crippen LogP contribution in [-0.2, 0) is 9.53 Å². The van der Waals surface area contributed by atoms with Crippen molar-refractivity contribution in [2.24, 2.45) is 5.73 Å². The van der Waals surface area contributed by atoms with Crippen LogP contribution < -0.4 is 10.6 Å². The Morgan fingerprint density at radius 3 is 2.82 bits per heavy atom. The van der Waals surface area contributed by atoms with Gasteiger partial charge in [-0.15, -0.1) is 0 Å². The van der Waals surface area contributed by atoms with Gasteiger partial charge in [0.2, 0.25) is 5.91 Å². The predicted octanol–water partition coefficient (Wildman–Crippen LogP) is 0.495. The first kappa shape index (κ1) is 13.2. The first-order chi connectivity index (χ1) is 8.11. The summed E-state index contributed by atoms with van der Waals surface area (Å²) in [6.07, 6.45) is 0. The Bertz CT molecular complexity index is 440. The number of ether oxygens (including phenoxy) is 1. The second kappa shape index (κ2) is 5.99. The van der Waals surface area contributed by atoms with Crippen molar-refractivity contribution in [1.29, 1.82) is 5.26 Å². The fraction of sp³-hybridized carbons (Fsp3) is 0.333. The van der Waals surface area contributed by atoms with Crippen LogP contribution in [0.15, 0.2) is 24.3 Å². The van der Waals surface area contributed by atoms with Crippen LogP contribution in [0, 0.1) is 11.3 Å². The van der Waals surface area contributed by atoms with Crippen molar-refractivity contribution < 1.29 is 9.53 Å². The molecule has 1 unspecified atom stereocenters. The molecule has 0 aliphatic carbocycles. The molecule has 5 heteroatoms. The third-order valence-corrected chi connectivity index (χ3v) is 2.38. The summed E-state index contributed by atoms with van der Waals surface area (Å²) in [5, 5.41) is 8.95. The van der Waals surface area contributed by atoms with Crippen molar-refractivity contribution in [2.45, 2.75) is 6.04 Å². The lowest BCUT2D eigenvalue weighted by atomic mass is 10.1. The number of nitrogens with two attached hydrogens (primary N) is 1. The molecule has 1 rings (SSSR count). The maximum atomic E-state index is 11.9. The van der Waals surface area contributed by atoms with Gasteiger partial charge in [-0.1, -0.05) is 12.1 Å². The van der Waals surface area contributed by atoms with Crippen molar-refractivity contribution in [3.05, 3.63) is 29.8 Å². The van der Waals surface area contributed by atoms with E-state index in [4.69, 9.17) is 15.7 Å². The van der Waals surface area contributed by atoms with Crippen molar-refractivity contribution in [3.8, 4) is 6.07 Å². The summed E-state index contributed by atoms with van der Waals surface area (Å²) in [4.78, 5) is 13.3. The van der Waals surface area contributed by atoms with Crippen LogP contribution in [0.5, 0.6) is 0 Å². The van der Waals surface area contributed by atoms with Crippen molar-refractivity contribution in [1.82, 2.24) is 0 Å². The predicted molar refractivity (Wildman–Crippen MR) is 64.4 cm³/mol. The third-order valence-electron chi connectivity index (χ3n) is 2.38. The van der Waals surface area contributed by atoms with Gasteiger partial charge in [0, 0.05) is 14.2 Å². The molecule has 0 saturated carbocycles. The summed E-state index contributed by atoms with van der Waals surface area (Å²) >= 11 is 0. The Morgan fingerprint density at radius 2 is 2.24 bits per heavy atom. The number of likely N-dealkylation sites (N-methyl/N-ethyl adjacent to an activating group) is 1. The van der Waals surface area contributed by atoms with Gasteiger partial charge in [-0.05, 0) is 12.1 Å². The quantitative estimate of drug-likeness (QED) is 0.821. The molecule has 0 aromatic heterocycles. The highest BCUT2D eigenvalue weighted by Crippen LogP contribution is 2.18. The van der Waals surface area contributed by atoms with E-state index in [2.05, 4.69) is 0 Å². The molecule has 0 aliphatic rings. The van der Waals surface area contributed by atoms with Gasteiger partial charge < -0.3 is 15.4 Å². The van der Waals surface area contributed by atoms with Gasteiger partial charge in [0.15, 0.2) is 0 Å². The molecule has 0 bridgehead atoms. The minimum absolute atomic E-state index is 0.151. The summed E-state index contributed by atoms with van der Waals surface area (Å²) in [5.41, 5.74) is 6.64. The smallest absolute Gasteiger partial charge is 0.246 e. The Labute approximate surface area is 100 Å². The number of nitriles is 1. The molecule has 0 heterocycles. The second-order valence-corrected chi connectivity index (χ2v) is 3.59. The fourth-order valence-electron chi connectivity index (χ4n) is 1.48. The minimum Gasteiger partial charge on any atom is -0.383 e. The normalized spacial score (nSPS) is 11.6. The minimum atomic E-state index is -0.725. The van der Waals surface area contributed by atoms with E-state index < -0.39 is 6.04 Å². The van der Waals surface area contributed by atoms with E-state index in [1.165, 1.54) is 12.0 Å². The number of hydrogen-bond donors (Lipinski definition) is 1. The van der Waals surface area contributed by atoms with E-state index in [9.17, 15) is 4.79 Å². The van der Waals surface area contributed by atoms with Gasteiger partial charge in [-0.25, -0.2) is 0 Å². The van der Waals surface area contributed by atoms with Crippen LogP contribution in [0.4, 0.5) is 5.69 Å². The number of para-hydroxylation sites is 1. The van der Waals surface area contributed by atoms with Crippen LogP contribution in [0.2, 0.25) is 0 Å². The Morgan fingerprint density at radius 1 is 1.59 bits per heavy atom.